The van der Waals surface area contributed by atoms with Crippen LogP contribution in [-0.4, -0.2) is 20.5 Å². The van der Waals surface area contributed by atoms with Crippen LogP contribution < -0.4 is 9.46 Å². The molecule has 0 fully saturated rings. The molecular weight excluding hydrogens is 344 g/mol. The van der Waals surface area contributed by atoms with Gasteiger partial charge in [-0.05, 0) is 42.8 Å². The standard InChI is InChI=1S/C13H13BrN2O3S/c1-9-8-10(5-6-11(9)14)20(17,18)16-12-4-3-7-15-13(12)19-2/h3-8,16H,1-2H3. The number of halogens is 1. The van der Waals surface area contributed by atoms with Crippen LogP contribution in [0.2, 0.25) is 0 Å². The van der Waals surface area contributed by atoms with Crippen molar-refractivity contribution in [3.05, 3.63) is 46.6 Å². The number of hydrogen-bond donors (Lipinski definition) is 1. The van der Waals surface area contributed by atoms with Crippen LogP contribution in [0.1, 0.15) is 5.56 Å². The van der Waals surface area contributed by atoms with E-state index in [4.69, 9.17) is 4.74 Å². The smallest absolute Gasteiger partial charge is 0.262 e. The zero-order valence-electron chi connectivity index (χ0n) is 10.9. The first-order valence-electron chi connectivity index (χ1n) is 5.72. The highest BCUT2D eigenvalue weighted by atomic mass is 79.9. The molecule has 1 aromatic heterocycles. The zero-order valence-corrected chi connectivity index (χ0v) is 13.3. The molecule has 20 heavy (non-hydrogen) atoms. The van der Waals surface area contributed by atoms with Crippen molar-refractivity contribution in [2.24, 2.45) is 0 Å². The van der Waals surface area contributed by atoms with Crippen LogP contribution in [0.4, 0.5) is 5.69 Å². The summed E-state index contributed by atoms with van der Waals surface area (Å²) in [5.74, 6) is 0.227. The van der Waals surface area contributed by atoms with Gasteiger partial charge in [-0.3, -0.25) is 4.72 Å². The lowest BCUT2D eigenvalue weighted by Crippen LogP contribution is -2.14. The minimum Gasteiger partial charge on any atom is -0.480 e. The van der Waals surface area contributed by atoms with E-state index in [9.17, 15) is 8.42 Å². The number of pyridine rings is 1. The van der Waals surface area contributed by atoms with Gasteiger partial charge in [-0.15, -0.1) is 0 Å². The Morgan fingerprint density at radius 2 is 2.05 bits per heavy atom. The normalized spacial score (nSPS) is 11.2. The number of methoxy groups -OCH3 is 1. The van der Waals surface area contributed by atoms with Crippen molar-refractivity contribution < 1.29 is 13.2 Å². The van der Waals surface area contributed by atoms with E-state index in [0.29, 0.717) is 5.69 Å². The Kier molecular flexibility index (Phi) is 4.29. The number of hydrogen-bond acceptors (Lipinski definition) is 4. The van der Waals surface area contributed by atoms with E-state index in [2.05, 4.69) is 25.6 Å². The number of anilines is 1. The lowest BCUT2D eigenvalue weighted by molar-refractivity contribution is 0.400. The van der Waals surface area contributed by atoms with Crippen LogP contribution in [0, 0.1) is 6.92 Å². The van der Waals surface area contributed by atoms with Gasteiger partial charge in [0.1, 0.15) is 5.69 Å². The average Bonchev–Trinajstić information content (AvgIpc) is 2.42. The van der Waals surface area contributed by atoms with Crippen molar-refractivity contribution in [2.75, 3.05) is 11.8 Å². The van der Waals surface area contributed by atoms with Gasteiger partial charge in [0.15, 0.2) is 0 Å². The van der Waals surface area contributed by atoms with Gasteiger partial charge in [0.25, 0.3) is 10.0 Å². The maximum Gasteiger partial charge on any atom is 0.262 e. The van der Waals surface area contributed by atoms with Crippen LogP contribution >= 0.6 is 15.9 Å². The van der Waals surface area contributed by atoms with Crippen LogP contribution in [0.25, 0.3) is 0 Å². The number of nitrogens with one attached hydrogen (secondary N) is 1. The molecule has 2 aromatic rings. The van der Waals surface area contributed by atoms with Gasteiger partial charge in [0.05, 0.1) is 12.0 Å². The summed E-state index contributed by atoms with van der Waals surface area (Å²) in [7, 11) is -2.24. The van der Waals surface area contributed by atoms with E-state index >= 15 is 0 Å². The monoisotopic (exact) mass is 356 g/mol. The summed E-state index contributed by atoms with van der Waals surface area (Å²) in [5, 5.41) is 0. The molecule has 0 aliphatic carbocycles. The molecule has 0 amide bonds. The lowest BCUT2D eigenvalue weighted by Gasteiger charge is -2.11. The number of aromatic nitrogens is 1. The molecule has 1 heterocycles. The van der Waals surface area contributed by atoms with Gasteiger partial charge >= 0.3 is 0 Å². The summed E-state index contributed by atoms with van der Waals surface area (Å²) in [5.41, 5.74) is 1.14. The number of nitrogens with zero attached hydrogens (tertiary/aromatic N) is 1. The van der Waals surface area contributed by atoms with Crippen LogP contribution in [-0.2, 0) is 10.0 Å². The molecule has 0 saturated heterocycles. The van der Waals surface area contributed by atoms with Crippen LogP contribution in [0.5, 0.6) is 5.88 Å². The second kappa shape index (κ2) is 5.80. The molecule has 0 bridgehead atoms. The van der Waals surface area contributed by atoms with Gasteiger partial charge in [-0.25, -0.2) is 13.4 Å². The van der Waals surface area contributed by atoms with Crippen molar-refractivity contribution >= 4 is 31.6 Å². The number of rotatable bonds is 4. The van der Waals surface area contributed by atoms with Crippen molar-refractivity contribution in [1.29, 1.82) is 0 Å². The number of aryl methyl sites for hydroxylation is 1. The Morgan fingerprint density at radius 1 is 1.30 bits per heavy atom. The highest BCUT2D eigenvalue weighted by Gasteiger charge is 2.17. The van der Waals surface area contributed by atoms with Gasteiger partial charge in [0.2, 0.25) is 5.88 Å². The molecule has 0 aliphatic heterocycles. The average molecular weight is 357 g/mol. The van der Waals surface area contributed by atoms with E-state index in [1.54, 1.807) is 24.3 Å². The summed E-state index contributed by atoms with van der Waals surface area (Å²) >= 11 is 3.34. The topological polar surface area (TPSA) is 68.3 Å². The predicted octanol–water partition coefficient (Wildman–Crippen LogP) is 2.96. The highest BCUT2D eigenvalue weighted by Crippen LogP contribution is 2.25. The molecule has 0 aliphatic rings. The fourth-order valence-electron chi connectivity index (χ4n) is 1.62. The summed E-state index contributed by atoms with van der Waals surface area (Å²) in [6.07, 6.45) is 1.53. The van der Waals surface area contributed by atoms with Crippen molar-refractivity contribution in [2.45, 2.75) is 11.8 Å². The molecule has 0 atom stereocenters. The fourth-order valence-corrected chi connectivity index (χ4v) is 3.01. The molecule has 2 rings (SSSR count). The van der Waals surface area contributed by atoms with E-state index in [1.807, 2.05) is 6.92 Å². The Labute approximate surface area is 126 Å². The Bertz CT molecular complexity index is 732. The molecule has 1 aromatic carbocycles. The minimum atomic E-state index is -3.68. The van der Waals surface area contributed by atoms with E-state index in [1.165, 1.54) is 19.4 Å². The maximum atomic E-state index is 12.3. The third-order valence-corrected chi connectivity index (χ3v) is 4.90. The third-order valence-electron chi connectivity index (χ3n) is 2.65. The minimum absolute atomic E-state index is 0.184. The van der Waals surface area contributed by atoms with E-state index in [-0.39, 0.29) is 10.8 Å². The molecule has 0 saturated carbocycles. The van der Waals surface area contributed by atoms with Crippen LogP contribution in [0.15, 0.2) is 45.9 Å². The van der Waals surface area contributed by atoms with Crippen molar-refractivity contribution in [1.82, 2.24) is 4.98 Å². The third kappa shape index (κ3) is 3.10. The molecule has 7 heteroatoms. The molecule has 0 spiro atoms. The predicted molar refractivity (Wildman–Crippen MR) is 80.5 cm³/mol. The molecule has 0 unspecified atom stereocenters. The lowest BCUT2D eigenvalue weighted by atomic mass is 10.2. The van der Waals surface area contributed by atoms with Gasteiger partial charge < -0.3 is 4.74 Å². The van der Waals surface area contributed by atoms with E-state index < -0.39 is 10.0 Å². The van der Waals surface area contributed by atoms with Gasteiger partial charge in [0, 0.05) is 10.7 Å². The number of ether oxygens (including phenoxy) is 1. The Hall–Kier alpha value is -1.60. The SMILES string of the molecule is COc1ncccc1NS(=O)(=O)c1ccc(Br)c(C)c1. The summed E-state index contributed by atoms with van der Waals surface area (Å²) in [6.45, 7) is 1.83. The van der Waals surface area contributed by atoms with Crippen molar-refractivity contribution in [3.8, 4) is 5.88 Å². The Balaban J connectivity index is 2.38. The second-order valence-electron chi connectivity index (χ2n) is 4.08. The first-order valence-corrected chi connectivity index (χ1v) is 7.99. The molecule has 1 N–H and O–H groups in total. The molecule has 5 nitrogen and oxygen atoms in total. The zero-order chi connectivity index (χ0) is 14.8. The largest absolute Gasteiger partial charge is 0.480 e. The molecular formula is C13H13BrN2O3S. The first-order chi connectivity index (χ1) is 9.44. The van der Waals surface area contributed by atoms with Crippen LogP contribution in [0.3, 0.4) is 0 Å². The van der Waals surface area contributed by atoms with E-state index in [0.717, 1.165) is 10.0 Å². The number of benzene rings is 1. The second-order valence-corrected chi connectivity index (χ2v) is 6.61. The molecule has 106 valence electrons. The van der Waals surface area contributed by atoms with Gasteiger partial charge in [-0.2, -0.15) is 0 Å². The van der Waals surface area contributed by atoms with Crippen molar-refractivity contribution in [3.63, 3.8) is 0 Å². The number of sulfonamides is 1. The summed E-state index contributed by atoms with van der Waals surface area (Å²) < 4.78 is 33.0. The Morgan fingerprint density at radius 3 is 2.70 bits per heavy atom. The summed E-state index contributed by atoms with van der Waals surface area (Å²) in [4.78, 5) is 4.13. The first kappa shape index (κ1) is 14.8. The molecule has 0 radical (unpaired) electrons. The fraction of sp³-hybridized carbons (Fsp3) is 0.154. The maximum absolute atomic E-state index is 12.3. The summed E-state index contributed by atoms with van der Waals surface area (Å²) in [6, 6.07) is 8.05. The quantitative estimate of drug-likeness (QED) is 0.914. The highest BCUT2D eigenvalue weighted by molar-refractivity contribution is 9.10. The van der Waals surface area contributed by atoms with Gasteiger partial charge in [-0.1, -0.05) is 15.9 Å².